The number of nitrogens with one attached hydrogen (secondary N) is 2. The van der Waals surface area contributed by atoms with Crippen molar-refractivity contribution in [1.29, 1.82) is 0 Å². The van der Waals surface area contributed by atoms with E-state index in [9.17, 15) is 0 Å². The molecule has 1 heterocycles. The summed E-state index contributed by atoms with van der Waals surface area (Å²) >= 11 is 0. The van der Waals surface area contributed by atoms with Crippen LogP contribution in [-0.4, -0.2) is 61.6 Å². The van der Waals surface area contributed by atoms with E-state index in [4.69, 9.17) is 0 Å². The predicted octanol–water partition coefficient (Wildman–Crippen LogP) is 2.52. The Morgan fingerprint density at radius 1 is 0.880 bits per heavy atom. The van der Waals surface area contributed by atoms with Crippen molar-refractivity contribution < 1.29 is 0 Å². The number of piperazine rings is 1. The van der Waals surface area contributed by atoms with Gasteiger partial charge in [-0.25, -0.2) is 4.99 Å². The number of hydrogen-bond donors (Lipinski definition) is 2. The van der Waals surface area contributed by atoms with Crippen molar-refractivity contribution in [2.24, 2.45) is 4.99 Å². The summed E-state index contributed by atoms with van der Waals surface area (Å²) in [5, 5.41) is 6.51. The molecule has 1 saturated heterocycles. The van der Waals surface area contributed by atoms with E-state index >= 15 is 0 Å². The Morgan fingerprint density at radius 3 is 1.92 bits per heavy atom. The third kappa shape index (κ3) is 7.92. The maximum Gasteiger partial charge on any atom is 0.191 e. The van der Waals surface area contributed by atoms with Gasteiger partial charge < -0.3 is 15.5 Å². The molecule has 0 spiro atoms. The fourth-order valence-electron chi connectivity index (χ4n) is 2.95. The molecule has 0 aromatic heterocycles. The van der Waals surface area contributed by atoms with Gasteiger partial charge in [-0.2, -0.15) is 0 Å². The lowest BCUT2D eigenvalue weighted by Crippen LogP contribution is -2.45. The zero-order chi connectivity index (χ0) is 17.2. The van der Waals surface area contributed by atoms with Gasteiger partial charge in [-0.15, -0.1) is 24.0 Å². The van der Waals surface area contributed by atoms with Gasteiger partial charge in [0.25, 0.3) is 0 Å². The molecule has 1 aliphatic heterocycles. The smallest absolute Gasteiger partial charge is 0.191 e. The number of hydrogen-bond acceptors (Lipinski definition) is 3. The van der Waals surface area contributed by atoms with Crippen molar-refractivity contribution in [3.63, 3.8) is 0 Å². The molecule has 1 aromatic carbocycles. The molecule has 6 heteroatoms. The van der Waals surface area contributed by atoms with Gasteiger partial charge in [-0.05, 0) is 31.5 Å². The van der Waals surface area contributed by atoms with Gasteiger partial charge in [0.15, 0.2) is 5.96 Å². The summed E-state index contributed by atoms with van der Waals surface area (Å²) in [6.45, 7) is 15.9. The van der Waals surface area contributed by atoms with Crippen LogP contribution in [0, 0.1) is 0 Å². The van der Waals surface area contributed by atoms with Crippen LogP contribution in [0.15, 0.2) is 29.3 Å². The second-order valence-electron chi connectivity index (χ2n) is 6.25. The average Bonchev–Trinajstić information content (AvgIpc) is 2.62. The summed E-state index contributed by atoms with van der Waals surface area (Å²) in [5.41, 5.74) is 2.65. The van der Waals surface area contributed by atoms with Gasteiger partial charge in [0.05, 0.1) is 6.54 Å². The van der Waals surface area contributed by atoms with Crippen LogP contribution in [0.25, 0.3) is 0 Å². The Morgan fingerprint density at radius 2 is 1.40 bits per heavy atom. The molecule has 0 atom stereocenters. The Kier molecular flexibility index (Phi) is 11.1. The summed E-state index contributed by atoms with van der Waals surface area (Å²) in [6, 6.07) is 8.90. The highest BCUT2D eigenvalue weighted by molar-refractivity contribution is 14.0. The quantitative estimate of drug-likeness (QED) is 0.374. The van der Waals surface area contributed by atoms with E-state index in [1.54, 1.807) is 0 Å². The van der Waals surface area contributed by atoms with Crippen LogP contribution in [0.1, 0.15) is 31.9 Å². The third-order valence-corrected chi connectivity index (χ3v) is 4.45. The Bertz CT molecular complexity index is 487. The van der Waals surface area contributed by atoms with E-state index in [0.717, 1.165) is 25.6 Å². The summed E-state index contributed by atoms with van der Waals surface area (Å²) in [7, 11) is 0. The normalized spacial score (nSPS) is 15.3. The Hall–Kier alpha value is -0.860. The number of guanidine groups is 1. The molecule has 2 N–H and O–H groups in total. The lowest BCUT2D eigenvalue weighted by Gasteiger charge is -2.34. The van der Waals surface area contributed by atoms with Gasteiger partial charge in [-0.1, -0.05) is 31.2 Å². The van der Waals surface area contributed by atoms with E-state index in [-0.39, 0.29) is 24.0 Å². The maximum atomic E-state index is 4.62. The first-order chi connectivity index (χ1) is 11.7. The summed E-state index contributed by atoms with van der Waals surface area (Å²) in [6.07, 6.45) is 0. The van der Waals surface area contributed by atoms with Crippen molar-refractivity contribution in [1.82, 2.24) is 20.4 Å². The topological polar surface area (TPSA) is 42.9 Å². The molecule has 5 nitrogen and oxygen atoms in total. The zero-order valence-electron chi connectivity index (χ0n) is 15.9. The van der Waals surface area contributed by atoms with Crippen LogP contribution in [0.5, 0.6) is 0 Å². The molecule has 0 saturated carbocycles. The molecule has 0 unspecified atom stereocenters. The SMILES string of the molecule is CCNC(=NCc1ccc(CN2CCN(CC)CC2)cc1)NCC.I. The minimum atomic E-state index is 0. The molecular formula is C19H34IN5. The molecule has 142 valence electrons. The van der Waals surface area contributed by atoms with E-state index in [1.165, 1.54) is 43.9 Å². The lowest BCUT2D eigenvalue weighted by molar-refractivity contribution is 0.132. The molecule has 0 radical (unpaired) electrons. The minimum absolute atomic E-state index is 0. The van der Waals surface area contributed by atoms with Crippen molar-refractivity contribution in [3.8, 4) is 0 Å². The molecule has 1 aliphatic rings. The third-order valence-electron chi connectivity index (χ3n) is 4.45. The lowest BCUT2D eigenvalue weighted by atomic mass is 10.1. The molecule has 1 fully saturated rings. The number of aliphatic imine (C=N–C) groups is 1. The number of likely N-dealkylation sites (N-methyl/N-ethyl adjacent to an activating group) is 1. The average molecular weight is 459 g/mol. The fraction of sp³-hybridized carbons (Fsp3) is 0.632. The van der Waals surface area contributed by atoms with E-state index in [0.29, 0.717) is 6.54 Å². The van der Waals surface area contributed by atoms with Crippen LogP contribution >= 0.6 is 24.0 Å². The summed E-state index contributed by atoms with van der Waals surface area (Å²) in [4.78, 5) is 9.68. The van der Waals surface area contributed by atoms with Gasteiger partial charge in [0.2, 0.25) is 0 Å². The number of rotatable bonds is 7. The van der Waals surface area contributed by atoms with Gasteiger partial charge >= 0.3 is 0 Å². The molecule has 1 aromatic rings. The van der Waals surface area contributed by atoms with Crippen LogP contribution in [-0.2, 0) is 13.1 Å². The molecule has 0 aliphatic carbocycles. The van der Waals surface area contributed by atoms with E-state index < -0.39 is 0 Å². The number of nitrogens with zero attached hydrogens (tertiary/aromatic N) is 3. The Balaban J connectivity index is 0.00000312. The molecule has 2 rings (SSSR count). The largest absolute Gasteiger partial charge is 0.357 e. The van der Waals surface area contributed by atoms with Crippen molar-refractivity contribution in [2.75, 3.05) is 45.8 Å². The Labute approximate surface area is 170 Å². The zero-order valence-corrected chi connectivity index (χ0v) is 18.3. The highest BCUT2D eigenvalue weighted by Gasteiger charge is 2.15. The minimum Gasteiger partial charge on any atom is -0.357 e. The first kappa shape index (κ1) is 22.2. The summed E-state index contributed by atoms with van der Waals surface area (Å²) < 4.78 is 0. The van der Waals surface area contributed by atoms with Crippen molar-refractivity contribution in [2.45, 2.75) is 33.9 Å². The monoisotopic (exact) mass is 459 g/mol. The molecular weight excluding hydrogens is 425 g/mol. The first-order valence-electron chi connectivity index (χ1n) is 9.29. The van der Waals surface area contributed by atoms with E-state index in [2.05, 4.69) is 70.5 Å². The first-order valence-corrected chi connectivity index (χ1v) is 9.29. The van der Waals surface area contributed by atoms with Crippen molar-refractivity contribution in [3.05, 3.63) is 35.4 Å². The van der Waals surface area contributed by atoms with Gasteiger partial charge in [-0.3, -0.25) is 4.90 Å². The second-order valence-corrected chi connectivity index (χ2v) is 6.25. The number of benzene rings is 1. The molecule has 25 heavy (non-hydrogen) atoms. The molecule has 0 bridgehead atoms. The highest BCUT2D eigenvalue weighted by atomic mass is 127. The van der Waals surface area contributed by atoms with Crippen LogP contribution in [0.2, 0.25) is 0 Å². The van der Waals surface area contributed by atoms with Crippen LogP contribution < -0.4 is 10.6 Å². The standard InChI is InChI=1S/C19H33N5.HI/c1-4-20-19(21-5-2)22-15-17-7-9-18(10-8-17)16-24-13-11-23(6-3)12-14-24;/h7-10H,4-6,11-16H2,1-3H3,(H2,20,21,22);1H. The second kappa shape index (κ2) is 12.5. The summed E-state index contributed by atoms with van der Waals surface area (Å²) in [5.74, 6) is 0.887. The number of halogens is 1. The van der Waals surface area contributed by atoms with E-state index in [1.807, 2.05) is 0 Å². The fourth-order valence-corrected chi connectivity index (χ4v) is 2.95. The highest BCUT2D eigenvalue weighted by Crippen LogP contribution is 2.10. The predicted molar refractivity (Wildman–Crippen MR) is 118 cm³/mol. The van der Waals surface area contributed by atoms with Gasteiger partial charge in [0, 0.05) is 45.8 Å². The van der Waals surface area contributed by atoms with Crippen LogP contribution in [0.3, 0.4) is 0 Å². The van der Waals surface area contributed by atoms with Crippen LogP contribution in [0.4, 0.5) is 0 Å². The maximum absolute atomic E-state index is 4.62. The van der Waals surface area contributed by atoms with Crippen molar-refractivity contribution >= 4 is 29.9 Å². The van der Waals surface area contributed by atoms with Gasteiger partial charge in [0.1, 0.15) is 0 Å². The molecule has 0 amide bonds.